The normalized spacial score (nSPS) is 11.8. The minimum atomic E-state index is -3.47. The summed E-state index contributed by atoms with van der Waals surface area (Å²) >= 11 is 0. The van der Waals surface area contributed by atoms with Gasteiger partial charge in [-0.15, -0.1) is 0 Å². The first kappa shape index (κ1) is 11.7. The van der Waals surface area contributed by atoms with Gasteiger partial charge in [0.15, 0.2) is 15.6 Å². The molecule has 0 aliphatic carbocycles. The molecule has 0 fully saturated rings. The fraction of sp³-hybridized carbons (Fsp3) is 0.182. The van der Waals surface area contributed by atoms with Gasteiger partial charge in [0.1, 0.15) is 0 Å². The van der Waals surface area contributed by atoms with Crippen LogP contribution in [0.2, 0.25) is 0 Å². The van der Waals surface area contributed by atoms with Gasteiger partial charge in [-0.05, 0) is 18.2 Å². The monoisotopic (exact) mass is 224 g/mol. The molecule has 0 amide bonds. The molecule has 0 bridgehead atoms. The molecule has 0 saturated heterocycles. The fourth-order valence-corrected chi connectivity index (χ4v) is 2.00. The molecule has 0 unspecified atom stereocenters. The Morgan fingerprint density at radius 1 is 1.27 bits per heavy atom. The van der Waals surface area contributed by atoms with Crippen molar-refractivity contribution in [1.82, 2.24) is 0 Å². The first-order chi connectivity index (χ1) is 7.06. The van der Waals surface area contributed by atoms with Gasteiger partial charge in [0.25, 0.3) is 0 Å². The average Bonchev–Trinajstić information content (AvgIpc) is 2.27. The highest BCUT2D eigenvalue weighted by Gasteiger charge is 2.09. The lowest BCUT2D eigenvalue weighted by Crippen LogP contribution is -1.97. The number of rotatable bonds is 4. The third-order valence-electron chi connectivity index (χ3n) is 1.85. The molecule has 80 valence electrons. The van der Waals surface area contributed by atoms with Crippen molar-refractivity contribution in [2.45, 2.75) is 18.2 Å². The second-order valence-corrected chi connectivity index (χ2v) is 4.81. The highest BCUT2D eigenvalue weighted by molar-refractivity contribution is 7.94. The number of benzene rings is 1. The lowest BCUT2D eigenvalue weighted by Gasteiger charge is -1.96. The van der Waals surface area contributed by atoms with Gasteiger partial charge in [0.05, 0.1) is 4.90 Å². The van der Waals surface area contributed by atoms with Crippen molar-refractivity contribution in [1.29, 1.82) is 0 Å². The Labute approximate surface area is 89.4 Å². The summed E-state index contributed by atoms with van der Waals surface area (Å²) in [6.45, 7) is 1.68. The molecule has 0 atom stereocenters. The van der Waals surface area contributed by atoms with Crippen molar-refractivity contribution >= 4 is 15.6 Å². The van der Waals surface area contributed by atoms with Crippen molar-refractivity contribution in [2.24, 2.45) is 0 Å². The molecule has 1 aromatic rings. The summed E-state index contributed by atoms with van der Waals surface area (Å²) in [6, 6.07) is 8.01. The van der Waals surface area contributed by atoms with Crippen LogP contribution in [0.15, 0.2) is 46.7 Å². The lowest BCUT2D eigenvalue weighted by molar-refractivity contribution is -0.114. The van der Waals surface area contributed by atoms with Crippen molar-refractivity contribution in [2.75, 3.05) is 0 Å². The van der Waals surface area contributed by atoms with E-state index >= 15 is 0 Å². The van der Waals surface area contributed by atoms with E-state index in [0.29, 0.717) is 6.42 Å². The lowest BCUT2D eigenvalue weighted by atomic mass is 10.3. The van der Waals surface area contributed by atoms with Crippen LogP contribution in [-0.2, 0) is 14.6 Å². The molecular formula is C11H12O3S. The van der Waals surface area contributed by atoms with Crippen LogP contribution in [0, 0.1) is 0 Å². The highest BCUT2D eigenvalue weighted by Crippen LogP contribution is 2.10. The minimum Gasteiger partial charge on any atom is -0.295 e. The van der Waals surface area contributed by atoms with Crippen LogP contribution in [0.25, 0.3) is 0 Å². The first-order valence-electron chi connectivity index (χ1n) is 4.57. The van der Waals surface area contributed by atoms with Crippen LogP contribution >= 0.6 is 0 Å². The summed E-state index contributed by atoms with van der Waals surface area (Å²) in [4.78, 5) is 11.1. The molecule has 0 spiro atoms. The van der Waals surface area contributed by atoms with Crippen molar-refractivity contribution in [3.05, 3.63) is 41.8 Å². The van der Waals surface area contributed by atoms with Gasteiger partial charge in [-0.25, -0.2) is 8.42 Å². The van der Waals surface area contributed by atoms with Crippen LogP contribution in [0.4, 0.5) is 0 Å². The molecule has 4 heteroatoms. The third kappa shape index (κ3) is 3.32. The standard InChI is InChI=1S/C11H12O3S/c1-2-10(12)8-9-15(13,14)11-6-4-3-5-7-11/h3-9H,2H2,1H3/b9-8+. The molecule has 1 aromatic carbocycles. The zero-order valence-corrected chi connectivity index (χ0v) is 9.20. The fourth-order valence-electron chi connectivity index (χ4n) is 0.972. The number of sulfone groups is 1. The second-order valence-electron chi connectivity index (χ2n) is 2.98. The van der Waals surface area contributed by atoms with E-state index in [0.717, 1.165) is 11.5 Å². The minimum absolute atomic E-state index is 0.199. The Hall–Kier alpha value is -1.42. The maximum Gasteiger partial charge on any atom is 0.199 e. The van der Waals surface area contributed by atoms with Crippen LogP contribution < -0.4 is 0 Å². The number of hydrogen-bond donors (Lipinski definition) is 0. The van der Waals surface area contributed by atoms with Crippen LogP contribution in [0.1, 0.15) is 13.3 Å². The summed E-state index contributed by atoms with van der Waals surface area (Å²) in [5.41, 5.74) is 0. The summed E-state index contributed by atoms with van der Waals surface area (Å²) in [6.07, 6.45) is 1.41. The molecule has 0 saturated carbocycles. The van der Waals surface area contributed by atoms with Gasteiger partial charge in [-0.3, -0.25) is 4.79 Å². The SMILES string of the molecule is CCC(=O)/C=C/S(=O)(=O)c1ccccc1. The van der Waals surface area contributed by atoms with Gasteiger partial charge in [0.2, 0.25) is 0 Å². The third-order valence-corrected chi connectivity index (χ3v) is 3.28. The van der Waals surface area contributed by atoms with E-state index in [2.05, 4.69) is 0 Å². The van der Waals surface area contributed by atoms with Gasteiger partial charge in [-0.2, -0.15) is 0 Å². The van der Waals surface area contributed by atoms with Gasteiger partial charge in [-0.1, -0.05) is 25.1 Å². The molecule has 1 rings (SSSR count). The van der Waals surface area contributed by atoms with E-state index in [9.17, 15) is 13.2 Å². The molecule has 0 aliphatic rings. The van der Waals surface area contributed by atoms with E-state index in [4.69, 9.17) is 0 Å². The van der Waals surface area contributed by atoms with E-state index < -0.39 is 9.84 Å². The smallest absolute Gasteiger partial charge is 0.199 e. The predicted molar refractivity (Wildman–Crippen MR) is 58.1 cm³/mol. The summed E-state index contributed by atoms with van der Waals surface area (Å²) < 4.78 is 23.2. The maximum absolute atomic E-state index is 11.6. The molecule has 0 aromatic heterocycles. The van der Waals surface area contributed by atoms with E-state index in [1.165, 1.54) is 12.1 Å². The number of ketones is 1. The van der Waals surface area contributed by atoms with Crippen molar-refractivity contribution < 1.29 is 13.2 Å². The van der Waals surface area contributed by atoms with Crippen LogP contribution in [0.3, 0.4) is 0 Å². The Kier molecular flexibility index (Phi) is 3.80. The van der Waals surface area contributed by atoms with E-state index in [1.54, 1.807) is 25.1 Å². The Morgan fingerprint density at radius 3 is 2.40 bits per heavy atom. The number of hydrogen-bond acceptors (Lipinski definition) is 3. The largest absolute Gasteiger partial charge is 0.295 e. The van der Waals surface area contributed by atoms with Gasteiger partial charge >= 0.3 is 0 Å². The Balaban J connectivity index is 2.96. The van der Waals surface area contributed by atoms with Crippen LogP contribution in [-0.4, -0.2) is 14.2 Å². The summed E-state index contributed by atoms with van der Waals surface area (Å²) in [7, 11) is -3.47. The molecular weight excluding hydrogens is 212 g/mol. The zero-order chi connectivity index (χ0) is 11.3. The zero-order valence-electron chi connectivity index (χ0n) is 8.38. The Morgan fingerprint density at radius 2 is 1.87 bits per heavy atom. The molecule has 0 N–H and O–H groups in total. The van der Waals surface area contributed by atoms with Gasteiger partial charge < -0.3 is 0 Å². The molecule has 15 heavy (non-hydrogen) atoms. The van der Waals surface area contributed by atoms with E-state index in [1.807, 2.05) is 0 Å². The van der Waals surface area contributed by atoms with Crippen LogP contribution in [0.5, 0.6) is 0 Å². The first-order valence-corrected chi connectivity index (χ1v) is 6.12. The van der Waals surface area contributed by atoms with E-state index in [-0.39, 0.29) is 10.7 Å². The maximum atomic E-state index is 11.6. The van der Waals surface area contributed by atoms with Crippen molar-refractivity contribution in [3.63, 3.8) is 0 Å². The second kappa shape index (κ2) is 4.89. The van der Waals surface area contributed by atoms with Crippen molar-refractivity contribution in [3.8, 4) is 0 Å². The average molecular weight is 224 g/mol. The number of carbonyl (C=O) groups excluding carboxylic acids is 1. The molecule has 0 aliphatic heterocycles. The molecule has 0 heterocycles. The predicted octanol–water partition coefficient (Wildman–Crippen LogP) is 1.95. The summed E-state index contributed by atoms with van der Waals surface area (Å²) in [5.74, 6) is -0.200. The Bertz CT molecular complexity index is 458. The number of carbonyl (C=O) groups is 1. The summed E-state index contributed by atoms with van der Waals surface area (Å²) in [5, 5.41) is 0.953. The molecule has 3 nitrogen and oxygen atoms in total. The highest BCUT2D eigenvalue weighted by atomic mass is 32.2. The topological polar surface area (TPSA) is 51.2 Å². The number of allylic oxidation sites excluding steroid dienone is 1. The van der Waals surface area contributed by atoms with Gasteiger partial charge in [0, 0.05) is 11.8 Å². The quantitative estimate of drug-likeness (QED) is 0.734. The molecule has 0 radical (unpaired) electrons.